The fraction of sp³-hybridized carbons (Fsp3) is 0.467. The van der Waals surface area contributed by atoms with Gasteiger partial charge in [-0.05, 0) is 24.1 Å². The predicted molar refractivity (Wildman–Crippen MR) is 84.4 cm³/mol. The molecule has 21 heavy (non-hydrogen) atoms. The molecule has 1 amide bonds. The number of nitrogens with one attached hydrogen (secondary N) is 1. The molecular weight excluding hydrogens is 268 g/mol. The molecule has 1 aromatic carbocycles. The van der Waals surface area contributed by atoms with Crippen LogP contribution in [0.5, 0.6) is 0 Å². The third-order valence-electron chi connectivity index (χ3n) is 3.59. The molecule has 6 nitrogen and oxygen atoms in total. The van der Waals surface area contributed by atoms with Crippen LogP contribution in [0.25, 0.3) is 11.1 Å². The summed E-state index contributed by atoms with van der Waals surface area (Å²) in [6, 6.07) is 5.38. The van der Waals surface area contributed by atoms with Gasteiger partial charge >= 0.3 is 0 Å². The summed E-state index contributed by atoms with van der Waals surface area (Å²) in [5, 5.41) is 2.83. The summed E-state index contributed by atoms with van der Waals surface area (Å²) in [7, 11) is 3.72. The molecule has 0 saturated carbocycles. The molecule has 0 aliphatic heterocycles. The van der Waals surface area contributed by atoms with E-state index in [0.717, 1.165) is 6.42 Å². The molecule has 0 fully saturated rings. The van der Waals surface area contributed by atoms with Crippen molar-refractivity contribution in [1.82, 2.24) is 4.98 Å². The van der Waals surface area contributed by atoms with Crippen LogP contribution in [-0.2, 0) is 4.79 Å². The normalized spacial score (nSPS) is 14.0. The Labute approximate surface area is 124 Å². The van der Waals surface area contributed by atoms with Crippen LogP contribution in [-0.4, -0.2) is 31.0 Å². The van der Waals surface area contributed by atoms with E-state index in [4.69, 9.17) is 10.2 Å². The number of fused-ring (bicyclic) bond motifs is 1. The molecule has 114 valence electrons. The van der Waals surface area contributed by atoms with Crippen LogP contribution in [0.15, 0.2) is 22.6 Å². The van der Waals surface area contributed by atoms with Gasteiger partial charge in [0.25, 0.3) is 6.01 Å². The molecule has 2 atom stereocenters. The topological polar surface area (TPSA) is 84.4 Å². The lowest BCUT2D eigenvalue weighted by atomic mass is 9.99. The van der Waals surface area contributed by atoms with Crippen molar-refractivity contribution < 1.29 is 9.21 Å². The summed E-state index contributed by atoms with van der Waals surface area (Å²) in [5.74, 6) is -0.0406. The van der Waals surface area contributed by atoms with E-state index in [0.29, 0.717) is 22.8 Å². The van der Waals surface area contributed by atoms with Gasteiger partial charge in [0, 0.05) is 19.8 Å². The molecule has 0 bridgehead atoms. The number of aromatic nitrogens is 1. The number of hydrogen-bond donors (Lipinski definition) is 2. The maximum Gasteiger partial charge on any atom is 0.297 e. The van der Waals surface area contributed by atoms with E-state index in [-0.39, 0.29) is 11.8 Å². The molecule has 6 heteroatoms. The number of nitrogens with zero attached hydrogens (tertiary/aromatic N) is 2. The first-order valence-corrected chi connectivity index (χ1v) is 7.06. The minimum absolute atomic E-state index is 0.140. The van der Waals surface area contributed by atoms with Crippen molar-refractivity contribution in [2.24, 2.45) is 11.7 Å². The SMILES string of the molecule is CCC(C)C(N)C(=O)Nc1ccc2oc(N(C)C)nc2c1. The van der Waals surface area contributed by atoms with Crippen molar-refractivity contribution in [2.45, 2.75) is 26.3 Å². The number of benzene rings is 1. The summed E-state index contributed by atoms with van der Waals surface area (Å²) >= 11 is 0. The number of hydrogen-bond acceptors (Lipinski definition) is 5. The second-order valence-electron chi connectivity index (χ2n) is 5.47. The van der Waals surface area contributed by atoms with E-state index < -0.39 is 6.04 Å². The number of amides is 1. The fourth-order valence-corrected chi connectivity index (χ4v) is 1.92. The number of rotatable bonds is 5. The van der Waals surface area contributed by atoms with Crippen molar-refractivity contribution in [2.75, 3.05) is 24.3 Å². The molecule has 0 aliphatic rings. The van der Waals surface area contributed by atoms with Crippen LogP contribution >= 0.6 is 0 Å². The van der Waals surface area contributed by atoms with Crippen molar-refractivity contribution >= 4 is 28.7 Å². The average Bonchev–Trinajstić information content (AvgIpc) is 2.89. The minimum atomic E-state index is -0.514. The van der Waals surface area contributed by atoms with Crippen LogP contribution in [0.1, 0.15) is 20.3 Å². The Kier molecular flexibility index (Phi) is 4.47. The predicted octanol–water partition coefficient (Wildman–Crippen LogP) is 2.21. The minimum Gasteiger partial charge on any atom is -0.423 e. The zero-order valence-electron chi connectivity index (χ0n) is 12.9. The number of anilines is 2. The highest BCUT2D eigenvalue weighted by atomic mass is 16.4. The summed E-state index contributed by atoms with van der Waals surface area (Å²) in [6.07, 6.45) is 0.864. The lowest BCUT2D eigenvalue weighted by molar-refractivity contribution is -0.118. The molecule has 2 unspecified atom stereocenters. The molecule has 0 spiro atoms. The molecule has 1 heterocycles. The first kappa shape index (κ1) is 15.3. The molecular formula is C15H22N4O2. The first-order chi connectivity index (χ1) is 9.92. The number of carbonyl (C=O) groups excluding carboxylic acids is 1. The maximum atomic E-state index is 12.1. The number of oxazole rings is 1. The second kappa shape index (κ2) is 6.13. The van der Waals surface area contributed by atoms with Gasteiger partial charge in [-0.2, -0.15) is 4.98 Å². The van der Waals surface area contributed by atoms with Crippen LogP contribution in [0.3, 0.4) is 0 Å². The van der Waals surface area contributed by atoms with Crippen molar-refractivity contribution in [3.05, 3.63) is 18.2 Å². The van der Waals surface area contributed by atoms with Crippen LogP contribution < -0.4 is 16.0 Å². The monoisotopic (exact) mass is 290 g/mol. The molecule has 3 N–H and O–H groups in total. The van der Waals surface area contributed by atoms with Gasteiger partial charge in [-0.25, -0.2) is 0 Å². The Morgan fingerprint density at radius 1 is 1.48 bits per heavy atom. The molecule has 0 saturated heterocycles. The van der Waals surface area contributed by atoms with Crippen molar-refractivity contribution in [3.63, 3.8) is 0 Å². The van der Waals surface area contributed by atoms with Gasteiger partial charge < -0.3 is 20.4 Å². The Bertz CT molecular complexity index is 636. The first-order valence-electron chi connectivity index (χ1n) is 7.06. The maximum absolute atomic E-state index is 12.1. The molecule has 0 aliphatic carbocycles. The van der Waals surface area contributed by atoms with Gasteiger partial charge in [0.1, 0.15) is 5.52 Å². The standard InChI is InChI=1S/C15H22N4O2/c1-5-9(2)13(16)14(20)17-10-6-7-12-11(8-10)18-15(21-12)19(3)4/h6-9,13H,5,16H2,1-4H3,(H,17,20). The van der Waals surface area contributed by atoms with Gasteiger partial charge in [0.05, 0.1) is 6.04 Å². The highest BCUT2D eigenvalue weighted by molar-refractivity contribution is 5.96. The lowest BCUT2D eigenvalue weighted by Crippen LogP contribution is -2.40. The summed E-state index contributed by atoms with van der Waals surface area (Å²) in [6.45, 7) is 3.98. The smallest absolute Gasteiger partial charge is 0.297 e. The fourth-order valence-electron chi connectivity index (χ4n) is 1.92. The zero-order valence-corrected chi connectivity index (χ0v) is 12.9. The summed E-state index contributed by atoms with van der Waals surface area (Å²) < 4.78 is 5.57. The Morgan fingerprint density at radius 3 is 2.81 bits per heavy atom. The second-order valence-corrected chi connectivity index (χ2v) is 5.47. The third-order valence-corrected chi connectivity index (χ3v) is 3.59. The van der Waals surface area contributed by atoms with E-state index in [1.807, 2.05) is 27.9 Å². The quantitative estimate of drug-likeness (QED) is 0.882. The molecule has 0 radical (unpaired) electrons. The Hall–Kier alpha value is -2.08. The van der Waals surface area contributed by atoms with E-state index in [9.17, 15) is 4.79 Å². The highest BCUT2D eigenvalue weighted by Gasteiger charge is 2.19. The third kappa shape index (κ3) is 3.33. The van der Waals surface area contributed by atoms with Gasteiger partial charge in [-0.15, -0.1) is 0 Å². The number of nitrogens with two attached hydrogens (primary N) is 1. The van der Waals surface area contributed by atoms with Crippen LogP contribution in [0, 0.1) is 5.92 Å². The Morgan fingerprint density at radius 2 is 2.19 bits per heavy atom. The van der Waals surface area contributed by atoms with Gasteiger partial charge in [-0.1, -0.05) is 20.3 Å². The van der Waals surface area contributed by atoms with Gasteiger partial charge in [0.2, 0.25) is 5.91 Å². The molecule has 1 aromatic heterocycles. The van der Waals surface area contributed by atoms with Gasteiger partial charge in [0.15, 0.2) is 5.58 Å². The summed E-state index contributed by atoms with van der Waals surface area (Å²) in [4.78, 5) is 18.2. The summed E-state index contributed by atoms with van der Waals surface area (Å²) in [5.41, 5.74) is 7.98. The molecule has 2 aromatic rings. The lowest BCUT2D eigenvalue weighted by Gasteiger charge is -2.17. The van der Waals surface area contributed by atoms with Gasteiger partial charge in [-0.3, -0.25) is 4.79 Å². The number of carbonyl (C=O) groups is 1. The largest absolute Gasteiger partial charge is 0.423 e. The van der Waals surface area contributed by atoms with E-state index in [1.165, 1.54) is 0 Å². The van der Waals surface area contributed by atoms with E-state index in [2.05, 4.69) is 10.3 Å². The highest BCUT2D eigenvalue weighted by Crippen LogP contribution is 2.23. The van der Waals surface area contributed by atoms with Crippen LogP contribution in [0.2, 0.25) is 0 Å². The Balaban J connectivity index is 2.17. The zero-order chi connectivity index (χ0) is 15.6. The molecule has 2 rings (SSSR count). The average molecular weight is 290 g/mol. The van der Waals surface area contributed by atoms with Crippen molar-refractivity contribution in [3.8, 4) is 0 Å². The van der Waals surface area contributed by atoms with E-state index >= 15 is 0 Å². The van der Waals surface area contributed by atoms with Crippen molar-refractivity contribution in [1.29, 1.82) is 0 Å². The van der Waals surface area contributed by atoms with Crippen LogP contribution in [0.4, 0.5) is 11.7 Å². The van der Waals surface area contributed by atoms with E-state index in [1.54, 1.807) is 23.1 Å².